The topological polar surface area (TPSA) is 54.0 Å². The molecule has 1 aliphatic carbocycles. The van der Waals surface area contributed by atoms with Gasteiger partial charge in [0.15, 0.2) is 0 Å². The van der Waals surface area contributed by atoms with Gasteiger partial charge in [-0.15, -0.1) is 0 Å². The van der Waals surface area contributed by atoms with Gasteiger partial charge in [0.25, 0.3) is 0 Å². The maximum Gasteiger partial charge on any atom is 0.224 e. The number of amides is 1. The standard InChI is InChI=1S/C17H27N3O/c1-2-3-10-17(21)20-15-11-12-16(18-13-15)19-14-8-6-4-5-7-9-14/h11-14H,2-10H2,1H3,(H,18,19)(H,20,21). The van der Waals surface area contributed by atoms with E-state index in [1.54, 1.807) is 6.20 Å². The van der Waals surface area contributed by atoms with Gasteiger partial charge in [0, 0.05) is 12.5 Å². The molecule has 4 nitrogen and oxygen atoms in total. The summed E-state index contributed by atoms with van der Waals surface area (Å²) in [6.07, 6.45) is 12.1. The van der Waals surface area contributed by atoms with Gasteiger partial charge in [-0.2, -0.15) is 0 Å². The summed E-state index contributed by atoms with van der Waals surface area (Å²) < 4.78 is 0. The van der Waals surface area contributed by atoms with Crippen molar-refractivity contribution in [1.29, 1.82) is 0 Å². The van der Waals surface area contributed by atoms with Crippen LogP contribution in [0.2, 0.25) is 0 Å². The second kappa shape index (κ2) is 8.65. The van der Waals surface area contributed by atoms with E-state index in [9.17, 15) is 4.79 Å². The molecule has 1 heterocycles. The molecule has 2 rings (SSSR count). The summed E-state index contributed by atoms with van der Waals surface area (Å²) in [5.41, 5.74) is 0.780. The van der Waals surface area contributed by atoms with Crippen molar-refractivity contribution in [3.63, 3.8) is 0 Å². The molecule has 1 aromatic rings. The van der Waals surface area contributed by atoms with E-state index in [1.807, 2.05) is 12.1 Å². The Morgan fingerprint density at radius 3 is 2.62 bits per heavy atom. The van der Waals surface area contributed by atoms with E-state index in [-0.39, 0.29) is 5.91 Å². The number of nitrogens with one attached hydrogen (secondary N) is 2. The van der Waals surface area contributed by atoms with Gasteiger partial charge < -0.3 is 10.6 Å². The second-order valence-corrected chi connectivity index (χ2v) is 5.92. The van der Waals surface area contributed by atoms with Crippen molar-refractivity contribution >= 4 is 17.4 Å². The first kappa shape index (κ1) is 15.8. The first-order valence-corrected chi connectivity index (χ1v) is 8.30. The lowest BCUT2D eigenvalue weighted by molar-refractivity contribution is -0.116. The van der Waals surface area contributed by atoms with Crippen molar-refractivity contribution in [3.8, 4) is 0 Å². The van der Waals surface area contributed by atoms with Gasteiger partial charge in [-0.1, -0.05) is 39.0 Å². The number of hydrogen-bond acceptors (Lipinski definition) is 3. The number of unbranched alkanes of at least 4 members (excludes halogenated alkanes) is 1. The number of nitrogens with zero attached hydrogens (tertiary/aromatic N) is 1. The Kier molecular flexibility index (Phi) is 6.51. The van der Waals surface area contributed by atoms with Crippen LogP contribution in [0.5, 0.6) is 0 Å². The van der Waals surface area contributed by atoms with Crippen molar-refractivity contribution in [3.05, 3.63) is 18.3 Å². The molecule has 0 bridgehead atoms. The van der Waals surface area contributed by atoms with E-state index in [4.69, 9.17) is 0 Å². The molecule has 116 valence electrons. The zero-order valence-corrected chi connectivity index (χ0v) is 13.0. The number of rotatable bonds is 6. The minimum Gasteiger partial charge on any atom is -0.367 e. The minimum absolute atomic E-state index is 0.0723. The fourth-order valence-corrected chi connectivity index (χ4v) is 2.75. The molecule has 1 saturated carbocycles. The van der Waals surface area contributed by atoms with Crippen LogP contribution < -0.4 is 10.6 Å². The number of pyridine rings is 1. The van der Waals surface area contributed by atoms with Crippen LogP contribution in [0.1, 0.15) is 64.7 Å². The fourth-order valence-electron chi connectivity index (χ4n) is 2.75. The van der Waals surface area contributed by atoms with Crippen LogP contribution in [0.25, 0.3) is 0 Å². The summed E-state index contributed by atoms with van der Waals surface area (Å²) in [6.45, 7) is 2.09. The average Bonchev–Trinajstić information content (AvgIpc) is 2.76. The number of hydrogen-bond donors (Lipinski definition) is 2. The third-order valence-electron chi connectivity index (χ3n) is 4.01. The van der Waals surface area contributed by atoms with Crippen molar-refractivity contribution in [2.45, 2.75) is 70.8 Å². The average molecular weight is 289 g/mol. The summed E-state index contributed by atoms with van der Waals surface area (Å²) in [5.74, 6) is 0.983. The Morgan fingerprint density at radius 1 is 1.24 bits per heavy atom. The third-order valence-corrected chi connectivity index (χ3v) is 4.01. The lowest BCUT2D eigenvalue weighted by Crippen LogP contribution is -2.19. The van der Waals surface area contributed by atoms with Crippen LogP contribution in [0, 0.1) is 0 Å². The van der Waals surface area contributed by atoms with Gasteiger partial charge in [-0.3, -0.25) is 4.79 Å². The third kappa shape index (κ3) is 5.74. The first-order valence-electron chi connectivity index (χ1n) is 8.30. The molecule has 1 amide bonds. The van der Waals surface area contributed by atoms with Gasteiger partial charge in [-0.25, -0.2) is 4.98 Å². The predicted octanol–water partition coefficient (Wildman–Crippen LogP) is 4.35. The normalized spacial score (nSPS) is 16.2. The minimum atomic E-state index is 0.0723. The van der Waals surface area contributed by atoms with E-state index in [0.717, 1.165) is 24.3 Å². The SMILES string of the molecule is CCCCC(=O)Nc1ccc(NC2CCCCCC2)nc1. The highest BCUT2D eigenvalue weighted by Crippen LogP contribution is 2.20. The van der Waals surface area contributed by atoms with E-state index in [1.165, 1.54) is 38.5 Å². The molecular formula is C17H27N3O. The molecule has 0 atom stereocenters. The molecule has 0 unspecified atom stereocenters. The van der Waals surface area contributed by atoms with E-state index < -0.39 is 0 Å². The number of aromatic nitrogens is 1. The summed E-state index contributed by atoms with van der Waals surface area (Å²) >= 11 is 0. The van der Waals surface area contributed by atoms with Gasteiger partial charge in [-0.05, 0) is 31.4 Å². The van der Waals surface area contributed by atoms with Gasteiger partial charge >= 0.3 is 0 Å². The zero-order chi connectivity index (χ0) is 14.9. The number of carbonyl (C=O) groups excluding carboxylic acids is 1. The smallest absolute Gasteiger partial charge is 0.224 e. The van der Waals surface area contributed by atoms with Gasteiger partial charge in [0.1, 0.15) is 5.82 Å². The van der Waals surface area contributed by atoms with Crippen LogP contribution in [0.15, 0.2) is 18.3 Å². The van der Waals surface area contributed by atoms with E-state index in [0.29, 0.717) is 12.5 Å². The van der Waals surface area contributed by atoms with E-state index >= 15 is 0 Å². The molecule has 4 heteroatoms. The van der Waals surface area contributed by atoms with E-state index in [2.05, 4.69) is 22.5 Å². The largest absolute Gasteiger partial charge is 0.367 e. The summed E-state index contributed by atoms with van der Waals surface area (Å²) in [4.78, 5) is 16.1. The molecule has 0 aromatic carbocycles. The highest BCUT2D eigenvalue weighted by Gasteiger charge is 2.12. The molecular weight excluding hydrogens is 262 g/mol. The second-order valence-electron chi connectivity index (χ2n) is 5.92. The Balaban J connectivity index is 1.82. The van der Waals surface area contributed by atoms with Gasteiger partial charge in [0.05, 0.1) is 11.9 Å². The van der Waals surface area contributed by atoms with Crippen LogP contribution in [0.3, 0.4) is 0 Å². The van der Waals surface area contributed by atoms with Crippen LogP contribution in [0.4, 0.5) is 11.5 Å². The number of carbonyl (C=O) groups is 1. The first-order chi connectivity index (χ1) is 10.3. The molecule has 0 radical (unpaired) electrons. The molecule has 0 aliphatic heterocycles. The Bertz CT molecular complexity index is 422. The monoisotopic (exact) mass is 289 g/mol. The molecule has 0 saturated heterocycles. The van der Waals surface area contributed by atoms with Crippen molar-refractivity contribution < 1.29 is 4.79 Å². The Labute approximate surface area is 127 Å². The maximum absolute atomic E-state index is 11.7. The highest BCUT2D eigenvalue weighted by molar-refractivity contribution is 5.90. The maximum atomic E-state index is 11.7. The van der Waals surface area contributed by atoms with Crippen molar-refractivity contribution in [2.75, 3.05) is 10.6 Å². The predicted molar refractivity (Wildman–Crippen MR) is 87.5 cm³/mol. The molecule has 1 fully saturated rings. The summed E-state index contributed by atoms with van der Waals surface area (Å²) in [7, 11) is 0. The molecule has 1 aliphatic rings. The van der Waals surface area contributed by atoms with Gasteiger partial charge in [0.2, 0.25) is 5.91 Å². The number of anilines is 2. The lowest BCUT2D eigenvalue weighted by atomic mass is 10.1. The van der Waals surface area contributed by atoms with Crippen molar-refractivity contribution in [1.82, 2.24) is 4.98 Å². The summed E-state index contributed by atoms with van der Waals surface area (Å²) in [5, 5.41) is 6.40. The van der Waals surface area contributed by atoms with Crippen molar-refractivity contribution in [2.24, 2.45) is 0 Å². The molecule has 0 spiro atoms. The molecule has 1 aromatic heterocycles. The fraction of sp³-hybridized carbons (Fsp3) is 0.647. The Morgan fingerprint density at radius 2 is 2.00 bits per heavy atom. The van der Waals surface area contributed by atoms with Crippen LogP contribution in [-0.4, -0.2) is 16.9 Å². The molecule has 21 heavy (non-hydrogen) atoms. The highest BCUT2D eigenvalue weighted by atomic mass is 16.1. The molecule has 2 N–H and O–H groups in total. The zero-order valence-electron chi connectivity index (χ0n) is 13.0. The lowest BCUT2D eigenvalue weighted by Gasteiger charge is -2.17. The quantitative estimate of drug-likeness (QED) is 0.766. The van der Waals surface area contributed by atoms with Crippen LogP contribution >= 0.6 is 0 Å². The Hall–Kier alpha value is -1.58. The van der Waals surface area contributed by atoms with Crippen LogP contribution in [-0.2, 0) is 4.79 Å². The summed E-state index contributed by atoms with van der Waals surface area (Å²) in [6, 6.07) is 4.43.